The molecule has 2 aliphatic rings. The Bertz CT molecular complexity index is 1460. The van der Waals surface area contributed by atoms with Gasteiger partial charge in [-0.1, -0.05) is 37.0 Å². The molecule has 2 aromatic carbocycles. The third-order valence-electron chi connectivity index (χ3n) is 8.48. The van der Waals surface area contributed by atoms with Crippen LogP contribution in [0.3, 0.4) is 0 Å². The lowest BCUT2D eigenvalue weighted by Crippen LogP contribution is -2.36. The van der Waals surface area contributed by atoms with Gasteiger partial charge in [0.25, 0.3) is 5.91 Å². The van der Waals surface area contributed by atoms with Crippen LogP contribution in [0.4, 0.5) is 5.13 Å². The van der Waals surface area contributed by atoms with Crippen molar-refractivity contribution in [2.75, 3.05) is 31.6 Å². The molecule has 0 radical (unpaired) electrons. The predicted octanol–water partition coefficient (Wildman–Crippen LogP) is 6.52. The van der Waals surface area contributed by atoms with E-state index >= 15 is 0 Å². The number of benzene rings is 2. The van der Waals surface area contributed by atoms with E-state index in [1.165, 1.54) is 32.1 Å². The molecule has 3 aromatic rings. The Hall–Kier alpha value is -3.90. The van der Waals surface area contributed by atoms with Gasteiger partial charge in [-0.2, -0.15) is 5.26 Å². The first kappa shape index (κ1) is 29.6. The molecule has 2 heterocycles. The number of hydrogen-bond donors (Lipinski definition) is 1. The molecule has 8 nitrogen and oxygen atoms in total. The number of carbonyl (C=O) groups is 2. The molecule has 1 aliphatic carbocycles. The highest BCUT2D eigenvalue weighted by molar-refractivity contribution is 7.14. The molecule has 1 aromatic heterocycles. The number of nitrogens with zero attached hydrogens (tertiary/aromatic N) is 4. The van der Waals surface area contributed by atoms with Crippen LogP contribution in [0.15, 0.2) is 41.8 Å². The quantitative estimate of drug-likeness (QED) is 0.304. The van der Waals surface area contributed by atoms with Crippen LogP contribution in [-0.2, 0) is 11.4 Å². The van der Waals surface area contributed by atoms with Gasteiger partial charge < -0.3 is 19.6 Å². The van der Waals surface area contributed by atoms with E-state index in [2.05, 4.69) is 11.0 Å². The maximum Gasteiger partial charge on any atom is 0.306 e. The molecular formula is C33H38N4O4S. The van der Waals surface area contributed by atoms with Crippen LogP contribution in [0.2, 0.25) is 0 Å². The normalized spacial score (nSPS) is 16.2. The Morgan fingerprint density at radius 3 is 2.60 bits per heavy atom. The van der Waals surface area contributed by atoms with Gasteiger partial charge in [0.15, 0.2) is 5.13 Å². The average molecular weight is 587 g/mol. The number of piperidine rings is 1. The summed E-state index contributed by atoms with van der Waals surface area (Å²) in [6.45, 7) is 4.30. The number of ether oxygens (including phenoxy) is 1. The molecule has 1 saturated carbocycles. The zero-order valence-electron chi connectivity index (χ0n) is 24.3. The number of aryl methyl sites for hydroxylation is 1. The largest absolute Gasteiger partial charge is 0.488 e. The third-order valence-corrected chi connectivity index (χ3v) is 9.38. The summed E-state index contributed by atoms with van der Waals surface area (Å²) in [6.07, 6.45) is 7.34. The second-order valence-electron chi connectivity index (χ2n) is 11.6. The minimum absolute atomic E-state index is 0.0584. The van der Waals surface area contributed by atoms with E-state index in [1.54, 1.807) is 28.4 Å². The molecule has 0 unspecified atom stereocenters. The minimum Gasteiger partial charge on any atom is -0.488 e. The number of hydrogen-bond acceptors (Lipinski definition) is 7. The highest BCUT2D eigenvalue weighted by Crippen LogP contribution is 2.36. The van der Waals surface area contributed by atoms with E-state index in [0.29, 0.717) is 48.7 Å². The zero-order valence-corrected chi connectivity index (χ0v) is 25.2. The standard InChI is InChI=1S/C33H38N4O4S/c1-22-8-11-30(28(16-22)29-21-42-33(35-29)37-14-12-24(13-15-37)32(39)40)41-20-26-10-9-25(17-27(26)18-34)31(38)36(2)19-23-6-4-3-5-7-23/h8-11,16-17,21,23-24H,3-7,12-15,19-20H2,1-2H3,(H,39,40). The molecule has 0 spiro atoms. The smallest absolute Gasteiger partial charge is 0.306 e. The van der Waals surface area contributed by atoms with E-state index in [9.17, 15) is 20.0 Å². The lowest BCUT2D eigenvalue weighted by molar-refractivity contribution is -0.142. The summed E-state index contributed by atoms with van der Waals surface area (Å²) in [7, 11) is 1.85. The zero-order chi connectivity index (χ0) is 29.6. The fourth-order valence-corrected chi connectivity index (χ4v) is 6.86. The van der Waals surface area contributed by atoms with Gasteiger partial charge in [0.2, 0.25) is 0 Å². The maximum atomic E-state index is 13.1. The fraction of sp³-hybridized carbons (Fsp3) is 0.455. The topological polar surface area (TPSA) is 107 Å². The van der Waals surface area contributed by atoms with Gasteiger partial charge in [0, 0.05) is 48.8 Å². The third kappa shape index (κ3) is 6.93. The van der Waals surface area contributed by atoms with E-state index < -0.39 is 5.97 Å². The van der Waals surface area contributed by atoms with E-state index in [-0.39, 0.29) is 18.4 Å². The van der Waals surface area contributed by atoms with Crippen molar-refractivity contribution in [3.8, 4) is 23.1 Å². The number of carboxylic acids is 1. The number of carboxylic acid groups (broad SMARTS) is 1. The van der Waals surface area contributed by atoms with Crippen molar-refractivity contribution in [3.05, 3.63) is 64.0 Å². The van der Waals surface area contributed by atoms with Gasteiger partial charge in [-0.05, 0) is 62.8 Å². The Kier molecular flexibility index (Phi) is 9.43. The molecule has 9 heteroatoms. The molecule has 220 valence electrons. The van der Waals surface area contributed by atoms with Gasteiger partial charge in [0.05, 0.1) is 23.2 Å². The molecule has 1 saturated heterocycles. The maximum absolute atomic E-state index is 13.1. The highest BCUT2D eigenvalue weighted by Gasteiger charge is 2.26. The number of aliphatic carboxylic acids is 1. The van der Waals surface area contributed by atoms with E-state index in [0.717, 1.165) is 34.1 Å². The SMILES string of the molecule is Cc1ccc(OCc2ccc(C(=O)N(C)CC3CCCCC3)cc2C#N)c(-c2csc(N3CCC(C(=O)O)CC3)n2)c1. The van der Waals surface area contributed by atoms with Crippen LogP contribution in [0.25, 0.3) is 11.3 Å². The first-order chi connectivity index (χ1) is 20.3. The molecule has 5 rings (SSSR count). The summed E-state index contributed by atoms with van der Waals surface area (Å²) in [4.78, 5) is 33.3. The van der Waals surface area contributed by atoms with Crippen molar-refractivity contribution in [2.45, 2.75) is 58.5 Å². The van der Waals surface area contributed by atoms with Crippen molar-refractivity contribution in [3.63, 3.8) is 0 Å². The number of carbonyl (C=O) groups excluding carboxylic acids is 1. The van der Waals surface area contributed by atoms with Crippen LogP contribution >= 0.6 is 11.3 Å². The summed E-state index contributed by atoms with van der Waals surface area (Å²) in [5.41, 5.74) is 4.42. The first-order valence-electron chi connectivity index (χ1n) is 14.8. The van der Waals surface area contributed by atoms with Crippen molar-refractivity contribution < 1.29 is 19.4 Å². The van der Waals surface area contributed by atoms with Crippen LogP contribution in [0.5, 0.6) is 5.75 Å². The van der Waals surface area contributed by atoms with Gasteiger partial charge >= 0.3 is 5.97 Å². The molecule has 0 atom stereocenters. The van der Waals surface area contributed by atoms with Crippen molar-refractivity contribution >= 4 is 28.3 Å². The summed E-state index contributed by atoms with van der Waals surface area (Å²) in [6, 6.07) is 13.5. The molecule has 0 bridgehead atoms. The number of rotatable bonds is 9. The molecule has 1 N–H and O–H groups in total. The monoisotopic (exact) mass is 586 g/mol. The second-order valence-corrected chi connectivity index (χ2v) is 12.4. The summed E-state index contributed by atoms with van der Waals surface area (Å²) >= 11 is 1.55. The predicted molar refractivity (Wildman–Crippen MR) is 164 cm³/mol. The van der Waals surface area contributed by atoms with Crippen molar-refractivity contribution in [1.82, 2.24) is 9.88 Å². The Labute approximate surface area is 251 Å². The Morgan fingerprint density at radius 2 is 1.88 bits per heavy atom. The van der Waals surface area contributed by atoms with Gasteiger partial charge in [0.1, 0.15) is 12.4 Å². The molecule has 1 aliphatic heterocycles. The fourth-order valence-electron chi connectivity index (χ4n) is 5.98. The molecule has 2 fully saturated rings. The average Bonchev–Trinajstić information content (AvgIpc) is 3.51. The number of thiazole rings is 1. The van der Waals surface area contributed by atoms with Gasteiger partial charge in [-0.15, -0.1) is 11.3 Å². The number of nitriles is 1. The van der Waals surface area contributed by atoms with Crippen molar-refractivity contribution in [2.24, 2.45) is 11.8 Å². The number of anilines is 1. The Morgan fingerprint density at radius 1 is 1.12 bits per heavy atom. The lowest BCUT2D eigenvalue weighted by atomic mass is 9.89. The number of aromatic nitrogens is 1. The second kappa shape index (κ2) is 13.4. The summed E-state index contributed by atoms with van der Waals surface area (Å²) < 4.78 is 6.26. The summed E-state index contributed by atoms with van der Waals surface area (Å²) in [5, 5.41) is 22.1. The van der Waals surface area contributed by atoms with Crippen LogP contribution < -0.4 is 9.64 Å². The highest BCUT2D eigenvalue weighted by atomic mass is 32.1. The minimum atomic E-state index is -0.723. The first-order valence-corrected chi connectivity index (χ1v) is 15.7. The summed E-state index contributed by atoms with van der Waals surface area (Å²) in [5.74, 6) is 0.150. The molecular weight excluding hydrogens is 548 g/mol. The van der Waals surface area contributed by atoms with E-state index in [4.69, 9.17) is 9.72 Å². The van der Waals surface area contributed by atoms with E-state index in [1.807, 2.05) is 43.6 Å². The number of amides is 1. The Balaban J connectivity index is 1.27. The van der Waals surface area contributed by atoms with Crippen LogP contribution in [-0.4, -0.2) is 53.5 Å². The van der Waals surface area contributed by atoms with Crippen molar-refractivity contribution in [1.29, 1.82) is 5.26 Å². The molecule has 1 amide bonds. The van der Waals surface area contributed by atoms with Crippen LogP contribution in [0, 0.1) is 30.1 Å². The lowest BCUT2D eigenvalue weighted by Gasteiger charge is -2.29. The van der Waals surface area contributed by atoms with Gasteiger partial charge in [-0.25, -0.2) is 4.98 Å². The molecule has 42 heavy (non-hydrogen) atoms. The van der Waals surface area contributed by atoms with Crippen LogP contribution in [0.1, 0.15) is 72.0 Å². The van der Waals surface area contributed by atoms with Gasteiger partial charge in [-0.3, -0.25) is 9.59 Å².